The SMILES string of the molecule is CC.Cc1cc(C)n(-c2cccc(CC(=O)O)c2)n1. The van der Waals surface area contributed by atoms with Crippen molar-refractivity contribution >= 4 is 5.97 Å². The van der Waals surface area contributed by atoms with Crippen LogP contribution in [0.1, 0.15) is 30.8 Å². The molecule has 19 heavy (non-hydrogen) atoms. The number of aliphatic carboxylic acids is 1. The zero-order valence-corrected chi connectivity index (χ0v) is 11.8. The van der Waals surface area contributed by atoms with Crippen LogP contribution in [0.3, 0.4) is 0 Å². The van der Waals surface area contributed by atoms with E-state index in [2.05, 4.69) is 5.10 Å². The summed E-state index contributed by atoms with van der Waals surface area (Å²) in [6.07, 6.45) is 0.0349. The summed E-state index contributed by atoms with van der Waals surface area (Å²) >= 11 is 0. The third-order valence-electron chi connectivity index (χ3n) is 2.52. The Morgan fingerprint density at radius 1 is 1.26 bits per heavy atom. The molecule has 0 spiro atoms. The summed E-state index contributed by atoms with van der Waals surface area (Å²) in [5.74, 6) is -0.824. The first-order chi connectivity index (χ1) is 9.06. The Morgan fingerprint density at radius 3 is 2.47 bits per heavy atom. The zero-order valence-electron chi connectivity index (χ0n) is 11.8. The topological polar surface area (TPSA) is 55.1 Å². The average molecular weight is 260 g/mol. The molecule has 0 atom stereocenters. The number of hydrogen-bond donors (Lipinski definition) is 1. The molecule has 2 aromatic rings. The van der Waals surface area contributed by atoms with Crippen LogP contribution >= 0.6 is 0 Å². The van der Waals surface area contributed by atoms with Crippen LogP contribution in [0.25, 0.3) is 5.69 Å². The van der Waals surface area contributed by atoms with Crippen LogP contribution < -0.4 is 0 Å². The first-order valence-electron chi connectivity index (χ1n) is 6.40. The molecule has 0 aliphatic rings. The average Bonchev–Trinajstić information content (AvgIpc) is 2.70. The highest BCUT2D eigenvalue weighted by Gasteiger charge is 2.06. The van der Waals surface area contributed by atoms with Crippen molar-refractivity contribution in [3.05, 3.63) is 47.3 Å². The summed E-state index contributed by atoms with van der Waals surface area (Å²) in [5.41, 5.74) is 3.66. The van der Waals surface area contributed by atoms with Crippen LogP contribution in [0.15, 0.2) is 30.3 Å². The second-order valence-electron chi connectivity index (χ2n) is 4.08. The van der Waals surface area contributed by atoms with Gasteiger partial charge in [0.15, 0.2) is 0 Å². The van der Waals surface area contributed by atoms with E-state index in [0.717, 1.165) is 22.6 Å². The number of aryl methyl sites for hydroxylation is 2. The highest BCUT2D eigenvalue weighted by molar-refractivity contribution is 5.70. The van der Waals surface area contributed by atoms with Crippen LogP contribution in [0, 0.1) is 13.8 Å². The van der Waals surface area contributed by atoms with Gasteiger partial charge in [0.2, 0.25) is 0 Å². The summed E-state index contributed by atoms with van der Waals surface area (Å²) in [4.78, 5) is 10.7. The lowest BCUT2D eigenvalue weighted by Crippen LogP contribution is -2.03. The number of benzene rings is 1. The molecule has 4 heteroatoms. The highest BCUT2D eigenvalue weighted by Crippen LogP contribution is 2.14. The molecule has 1 aromatic carbocycles. The van der Waals surface area contributed by atoms with Crippen LogP contribution in [-0.4, -0.2) is 20.9 Å². The van der Waals surface area contributed by atoms with E-state index in [4.69, 9.17) is 5.11 Å². The molecular formula is C15H20N2O2. The van der Waals surface area contributed by atoms with Crippen molar-refractivity contribution in [3.63, 3.8) is 0 Å². The Hall–Kier alpha value is -2.10. The van der Waals surface area contributed by atoms with E-state index in [1.807, 2.05) is 62.7 Å². The van der Waals surface area contributed by atoms with E-state index in [9.17, 15) is 4.79 Å². The Bertz CT molecular complexity index is 559. The van der Waals surface area contributed by atoms with Crippen molar-refractivity contribution in [2.45, 2.75) is 34.1 Å². The second kappa shape index (κ2) is 6.73. The lowest BCUT2D eigenvalue weighted by atomic mass is 10.1. The number of rotatable bonds is 3. The van der Waals surface area contributed by atoms with Crippen molar-refractivity contribution in [3.8, 4) is 5.69 Å². The lowest BCUT2D eigenvalue weighted by Gasteiger charge is -2.06. The fourth-order valence-corrected chi connectivity index (χ4v) is 1.86. The third kappa shape index (κ3) is 3.95. The summed E-state index contributed by atoms with van der Waals surface area (Å²) in [6, 6.07) is 9.43. The first-order valence-corrected chi connectivity index (χ1v) is 6.40. The molecule has 0 bridgehead atoms. The highest BCUT2D eigenvalue weighted by atomic mass is 16.4. The van der Waals surface area contributed by atoms with Gasteiger partial charge in [-0.1, -0.05) is 26.0 Å². The van der Waals surface area contributed by atoms with Gasteiger partial charge in [-0.05, 0) is 37.6 Å². The van der Waals surface area contributed by atoms with Crippen LogP contribution in [0.4, 0.5) is 0 Å². The van der Waals surface area contributed by atoms with Crippen molar-refractivity contribution in [2.24, 2.45) is 0 Å². The van der Waals surface area contributed by atoms with Gasteiger partial charge in [-0.3, -0.25) is 4.79 Å². The summed E-state index contributed by atoms with van der Waals surface area (Å²) in [5, 5.41) is 13.1. The lowest BCUT2D eigenvalue weighted by molar-refractivity contribution is -0.136. The summed E-state index contributed by atoms with van der Waals surface area (Å²) in [7, 11) is 0. The van der Waals surface area contributed by atoms with Crippen LogP contribution in [0.5, 0.6) is 0 Å². The minimum Gasteiger partial charge on any atom is -0.481 e. The molecule has 0 fully saturated rings. The molecular weight excluding hydrogens is 240 g/mol. The minimum atomic E-state index is -0.824. The van der Waals surface area contributed by atoms with Crippen molar-refractivity contribution in [1.29, 1.82) is 0 Å². The second-order valence-corrected chi connectivity index (χ2v) is 4.08. The predicted octanol–water partition coefficient (Wildman–Crippen LogP) is 3.14. The number of nitrogens with zero attached hydrogens (tertiary/aromatic N) is 2. The molecule has 0 amide bonds. The standard InChI is InChI=1S/C13H14N2O2.C2H6/c1-9-6-10(2)15(14-9)12-5-3-4-11(7-12)8-13(16)17;1-2/h3-7H,8H2,1-2H3,(H,16,17);1-2H3. The quantitative estimate of drug-likeness (QED) is 0.922. The van der Waals surface area contributed by atoms with Crippen molar-refractivity contribution in [1.82, 2.24) is 9.78 Å². The number of aromatic nitrogens is 2. The molecule has 0 aliphatic carbocycles. The van der Waals surface area contributed by atoms with E-state index in [1.54, 1.807) is 0 Å². The third-order valence-corrected chi connectivity index (χ3v) is 2.52. The van der Waals surface area contributed by atoms with Gasteiger partial charge in [0.25, 0.3) is 0 Å². The Labute approximate surface area is 113 Å². The number of carboxylic acids is 1. The van der Waals surface area contributed by atoms with Crippen molar-refractivity contribution < 1.29 is 9.90 Å². The molecule has 0 unspecified atom stereocenters. The Morgan fingerprint density at radius 2 is 1.95 bits per heavy atom. The van der Waals surface area contributed by atoms with Gasteiger partial charge in [0.1, 0.15) is 0 Å². The van der Waals surface area contributed by atoms with E-state index in [1.165, 1.54) is 0 Å². The number of carbonyl (C=O) groups is 1. The fourth-order valence-electron chi connectivity index (χ4n) is 1.86. The predicted molar refractivity (Wildman–Crippen MR) is 75.7 cm³/mol. The normalized spacial score (nSPS) is 9.68. The smallest absolute Gasteiger partial charge is 0.307 e. The minimum absolute atomic E-state index is 0.0349. The van der Waals surface area contributed by atoms with Gasteiger partial charge in [0.05, 0.1) is 17.8 Å². The molecule has 1 aromatic heterocycles. The molecule has 4 nitrogen and oxygen atoms in total. The van der Waals surface area contributed by atoms with E-state index >= 15 is 0 Å². The molecule has 1 heterocycles. The number of carboxylic acid groups (broad SMARTS) is 1. The molecule has 0 saturated heterocycles. The van der Waals surface area contributed by atoms with Crippen LogP contribution in [0.2, 0.25) is 0 Å². The zero-order chi connectivity index (χ0) is 14.4. The maximum atomic E-state index is 10.7. The Kier molecular flexibility index (Phi) is 5.30. The molecule has 102 valence electrons. The van der Waals surface area contributed by atoms with Crippen molar-refractivity contribution in [2.75, 3.05) is 0 Å². The van der Waals surface area contributed by atoms with E-state index in [0.29, 0.717) is 0 Å². The first kappa shape index (κ1) is 15.0. The van der Waals surface area contributed by atoms with Gasteiger partial charge in [0, 0.05) is 5.69 Å². The monoisotopic (exact) mass is 260 g/mol. The van der Waals surface area contributed by atoms with Gasteiger partial charge >= 0.3 is 5.97 Å². The van der Waals surface area contributed by atoms with Crippen LogP contribution in [-0.2, 0) is 11.2 Å². The molecule has 2 rings (SSSR count). The van der Waals surface area contributed by atoms with E-state index in [-0.39, 0.29) is 6.42 Å². The molecule has 0 radical (unpaired) electrons. The van der Waals surface area contributed by atoms with Gasteiger partial charge in [-0.2, -0.15) is 5.10 Å². The Balaban J connectivity index is 0.000000861. The molecule has 0 saturated carbocycles. The van der Waals surface area contributed by atoms with E-state index < -0.39 is 5.97 Å². The number of hydrogen-bond acceptors (Lipinski definition) is 2. The summed E-state index contributed by atoms with van der Waals surface area (Å²) in [6.45, 7) is 7.91. The van der Waals surface area contributed by atoms with Gasteiger partial charge < -0.3 is 5.11 Å². The largest absolute Gasteiger partial charge is 0.481 e. The molecule has 0 aliphatic heterocycles. The van der Waals surface area contributed by atoms with Gasteiger partial charge in [-0.15, -0.1) is 0 Å². The maximum Gasteiger partial charge on any atom is 0.307 e. The van der Waals surface area contributed by atoms with Gasteiger partial charge in [-0.25, -0.2) is 4.68 Å². The molecule has 1 N–H and O–H groups in total. The fraction of sp³-hybridized carbons (Fsp3) is 0.333. The summed E-state index contributed by atoms with van der Waals surface area (Å²) < 4.78 is 1.82. The maximum absolute atomic E-state index is 10.7.